The molecular weight excluding hydrogens is 189 g/mol. The van der Waals surface area contributed by atoms with Gasteiger partial charge in [-0.15, -0.1) is 0 Å². The summed E-state index contributed by atoms with van der Waals surface area (Å²) >= 11 is 5.67. The predicted molar refractivity (Wildman–Crippen MR) is 53.8 cm³/mol. The summed E-state index contributed by atoms with van der Waals surface area (Å²) in [6.45, 7) is 2.77. The zero-order valence-corrected chi connectivity index (χ0v) is 8.58. The molecule has 1 rings (SSSR count). The van der Waals surface area contributed by atoms with E-state index >= 15 is 0 Å². The van der Waals surface area contributed by atoms with Gasteiger partial charge in [-0.25, -0.2) is 4.39 Å². The van der Waals surface area contributed by atoms with E-state index in [1.54, 1.807) is 6.07 Å². The van der Waals surface area contributed by atoms with Gasteiger partial charge in [0.25, 0.3) is 0 Å². The molecule has 1 aromatic carbocycles. The number of hydrogen-bond acceptors (Lipinski definition) is 1. The molecule has 0 atom stereocenters. The van der Waals surface area contributed by atoms with Crippen LogP contribution in [-0.2, 0) is 6.42 Å². The highest BCUT2D eigenvalue weighted by atomic mass is 35.5. The molecule has 0 aliphatic rings. The summed E-state index contributed by atoms with van der Waals surface area (Å²) in [6, 6.07) is 3.18. The van der Waals surface area contributed by atoms with Crippen LogP contribution >= 0.6 is 11.6 Å². The van der Waals surface area contributed by atoms with Gasteiger partial charge in [0, 0.05) is 0 Å². The van der Waals surface area contributed by atoms with Crippen molar-refractivity contribution in [3.63, 3.8) is 0 Å². The second-order valence-corrected chi connectivity index (χ2v) is 3.45. The van der Waals surface area contributed by atoms with Gasteiger partial charge in [-0.1, -0.05) is 11.6 Å². The van der Waals surface area contributed by atoms with Crippen LogP contribution in [0.3, 0.4) is 0 Å². The minimum atomic E-state index is -0.340. The van der Waals surface area contributed by atoms with Crippen LogP contribution in [0, 0.1) is 12.7 Å². The highest BCUT2D eigenvalue weighted by molar-refractivity contribution is 6.30. The lowest BCUT2D eigenvalue weighted by Crippen LogP contribution is -2.11. The summed E-state index contributed by atoms with van der Waals surface area (Å²) in [4.78, 5) is 0. The molecule has 0 unspecified atom stereocenters. The summed E-state index contributed by atoms with van der Waals surface area (Å²) in [6.07, 6.45) is 0.877. The SMILES string of the molecule is CNCCc1cc(Cl)c(F)cc1C. The van der Waals surface area contributed by atoms with Crippen molar-refractivity contribution in [1.29, 1.82) is 0 Å². The Labute approximate surface area is 82.9 Å². The second kappa shape index (κ2) is 4.58. The third-order valence-corrected chi connectivity index (χ3v) is 2.31. The zero-order chi connectivity index (χ0) is 9.84. The standard InChI is InChI=1S/C10H13ClFN/c1-7-5-10(12)9(11)6-8(7)3-4-13-2/h5-6,13H,3-4H2,1-2H3. The molecular formula is C10H13ClFN. The Balaban J connectivity index is 2.88. The molecule has 0 saturated heterocycles. The Morgan fingerprint density at radius 1 is 1.46 bits per heavy atom. The normalized spacial score (nSPS) is 10.5. The average Bonchev–Trinajstić information content (AvgIpc) is 2.09. The fraction of sp³-hybridized carbons (Fsp3) is 0.400. The van der Waals surface area contributed by atoms with Crippen LogP contribution in [-0.4, -0.2) is 13.6 Å². The minimum Gasteiger partial charge on any atom is -0.319 e. The molecule has 72 valence electrons. The van der Waals surface area contributed by atoms with Crippen molar-refractivity contribution in [2.75, 3.05) is 13.6 Å². The fourth-order valence-corrected chi connectivity index (χ4v) is 1.40. The molecule has 0 heterocycles. The molecule has 0 fully saturated rings. The van der Waals surface area contributed by atoms with Crippen LogP contribution in [0.25, 0.3) is 0 Å². The highest BCUT2D eigenvalue weighted by Gasteiger charge is 2.04. The van der Waals surface area contributed by atoms with Gasteiger partial charge in [0.2, 0.25) is 0 Å². The molecule has 0 aliphatic carbocycles. The van der Waals surface area contributed by atoms with Gasteiger partial charge in [0.05, 0.1) is 5.02 Å². The highest BCUT2D eigenvalue weighted by Crippen LogP contribution is 2.19. The van der Waals surface area contributed by atoms with E-state index in [1.807, 2.05) is 14.0 Å². The summed E-state index contributed by atoms with van der Waals surface area (Å²) in [5.74, 6) is -0.340. The molecule has 0 radical (unpaired) electrons. The largest absolute Gasteiger partial charge is 0.319 e. The van der Waals surface area contributed by atoms with E-state index in [2.05, 4.69) is 5.32 Å². The van der Waals surface area contributed by atoms with Crippen molar-refractivity contribution in [3.05, 3.63) is 34.1 Å². The lowest BCUT2D eigenvalue weighted by Gasteiger charge is -2.06. The Morgan fingerprint density at radius 3 is 2.77 bits per heavy atom. The summed E-state index contributed by atoms with van der Waals surface area (Å²) in [7, 11) is 1.89. The lowest BCUT2D eigenvalue weighted by atomic mass is 10.1. The number of halogens is 2. The molecule has 0 aliphatic heterocycles. The van der Waals surface area contributed by atoms with Crippen LogP contribution < -0.4 is 5.32 Å². The molecule has 1 N–H and O–H groups in total. The second-order valence-electron chi connectivity index (χ2n) is 3.05. The van der Waals surface area contributed by atoms with Crippen molar-refractivity contribution >= 4 is 11.6 Å². The van der Waals surface area contributed by atoms with E-state index in [9.17, 15) is 4.39 Å². The smallest absolute Gasteiger partial charge is 0.142 e. The first-order valence-electron chi connectivity index (χ1n) is 4.24. The van der Waals surface area contributed by atoms with Crippen molar-refractivity contribution in [1.82, 2.24) is 5.32 Å². The van der Waals surface area contributed by atoms with Crippen LogP contribution in [0.1, 0.15) is 11.1 Å². The molecule has 0 spiro atoms. The molecule has 1 nitrogen and oxygen atoms in total. The minimum absolute atomic E-state index is 0.205. The first-order valence-corrected chi connectivity index (χ1v) is 4.62. The molecule has 0 amide bonds. The van der Waals surface area contributed by atoms with E-state index in [1.165, 1.54) is 6.07 Å². The van der Waals surface area contributed by atoms with Crippen LogP contribution in [0.2, 0.25) is 5.02 Å². The van der Waals surface area contributed by atoms with E-state index in [0.717, 1.165) is 24.1 Å². The number of aryl methyl sites for hydroxylation is 1. The Hall–Kier alpha value is -0.600. The van der Waals surface area contributed by atoms with Gasteiger partial charge < -0.3 is 5.32 Å². The predicted octanol–water partition coefficient (Wildman–Crippen LogP) is 2.55. The fourth-order valence-electron chi connectivity index (χ4n) is 1.22. The maximum absolute atomic E-state index is 12.9. The number of nitrogens with one attached hydrogen (secondary N) is 1. The number of benzene rings is 1. The first kappa shape index (κ1) is 10.5. The maximum atomic E-state index is 12.9. The van der Waals surface area contributed by atoms with Crippen molar-refractivity contribution in [2.24, 2.45) is 0 Å². The van der Waals surface area contributed by atoms with Crippen molar-refractivity contribution < 1.29 is 4.39 Å². The van der Waals surface area contributed by atoms with E-state index < -0.39 is 0 Å². The molecule has 0 bridgehead atoms. The third-order valence-electron chi connectivity index (χ3n) is 2.02. The van der Waals surface area contributed by atoms with Crippen LogP contribution in [0.5, 0.6) is 0 Å². The van der Waals surface area contributed by atoms with Crippen LogP contribution in [0.15, 0.2) is 12.1 Å². The average molecular weight is 202 g/mol. The number of hydrogen-bond donors (Lipinski definition) is 1. The number of rotatable bonds is 3. The Kier molecular flexibility index (Phi) is 3.70. The summed E-state index contributed by atoms with van der Waals surface area (Å²) < 4.78 is 12.9. The van der Waals surface area contributed by atoms with Gasteiger partial charge in [0.1, 0.15) is 5.82 Å². The Morgan fingerprint density at radius 2 is 2.15 bits per heavy atom. The molecule has 13 heavy (non-hydrogen) atoms. The first-order chi connectivity index (χ1) is 6.15. The molecule has 0 aromatic heterocycles. The van der Waals surface area contributed by atoms with E-state index in [-0.39, 0.29) is 10.8 Å². The van der Waals surface area contributed by atoms with Crippen molar-refractivity contribution in [2.45, 2.75) is 13.3 Å². The van der Waals surface area contributed by atoms with Crippen molar-refractivity contribution in [3.8, 4) is 0 Å². The zero-order valence-electron chi connectivity index (χ0n) is 7.82. The molecule has 0 saturated carbocycles. The molecule has 3 heteroatoms. The quantitative estimate of drug-likeness (QED) is 0.793. The van der Waals surface area contributed by atoms with Gasteiger partial charge in [-0.2, -0.15) is 0 Å². The molecule has 1 aromatic rings. The topological polar surface area (TPSA) is 12.0 Å². The maximum Gasteiger partial charge on any atom is 0.142 e. The Bertz CT molecular complexity index is 299. The summed E-state index contributed by atoms with van der Waals surface area (Å²) in [5.41, 5.74) is 2.05. The van der Waals surface area contributed by atoms with Gasteiger partial charge in [-0.3, -0.25) is 0 Å². The summed E-state index contributed by atoms with van der Waals surface area (Å²) in [5, 5.41) is 3.25. The number of likely N-dealkylation sites (N-methyl/N-ethyl adjacent to an activating group) is 1. The van der Waals surface area contributed by atoms with E-state index in [0.29, 0.717) is 0 Å². The van der Waals surface area contributed by atoms with Gasteiger partial charge >= 0.3 is 0 Å². The van der Waals surface area contributed by atoms with Crippen LogP contribution in [0.4, 0.5) is 4.39 Å². The third kappa shape index (κ3) is 2.68. The van der Waals surface area contributed by atoms with E-state index in [4.69, 9.17) is 11.6 Å². The monoisotopic (exact) mass is 201 g/mol. The van der Waals surface area contributed by atoms with Gasteiger partial charge in [-0.05, 0) is 50.2 Å². The van der Waals surface area contributed by atoms with Gasteiger partial charge in [0.15, 0.2) is 0 Å². The lowest BCUT2D eigenvalue weighted by molar-refractivity contribution is 0.625.